The molecule has 0 saturated heterocycles. The first-order chi connectivity index (χ1) is 14.1. The molecule has 3 nitrogen and oxygen atoms in total. The molecule has 1 N–H and O–H groups in total. The van der Waals surface area contributed by atoms with Gasteiger partial charge >= 0.3 is 5.63 Å². The number of aromatic hydroxyl groups is 1. The number of rotatable bonds is 15. The maximum Gasteiger partial charge on any atom is 0.336 e. The van der Waals surface area contributed by atoms with Crippen LogP contribution in [0.2, 0.25) is 0 Å². The highest BCUT2D eigenvalue weighted by atomic mass is 16.4. The highest BCUT2D eigenvalue weighted by Crippen LogP contribution is 2.29. The van der Waals surface area contributed by atoms with Crippen LogP contribution in [0.25, 0.3) is 11.0 Å². The van der Waals surface area contributed by atoms with E-state index in [1.807, 2.05) is 6.07 Å². The van der Waals surface area contributed by atoms with E-state index in [4.69, 9.17) is 4.42 Å². The molecule has 0 fully saturated rings. The van der Waals surface area contributed by atoms with Crippen molar-refractivity contribution < 1.29 is 9.52 Å². The Labute approximate surface area is 176 Å². The van der Waals surface area contributed by atoms with Crippen LogP contribution in [-0.4, -0.2) is 5.11 Å². The molecule has 1 aromatic carbocycles. The van der Waals surface area contributed by atoms with Crippen molar-refractivity contribution in [3.63, 3.8) is 0 Å². The summed E-state index contributed by atoms with van der Waals surface area (Å²) in [4.78, 5) is 11.4. The van der Waals surface area contributed by atoms with Crippen molar-refractivity contribution in [1.82, 2.24) is 0 Å². The summed E-state index contributed by atoms with van der Waals surface area (Å²) in [5.74, 6) is 0.851. The van der Waals surface area contributed by atoms with E-state index in [0.29, 0.717) is 11.5 Å². The molecule has 0 aliphatic carbocycles. The third-order valence-corrected chi connectivity index (χ3v) is 5.99. The Balaban J connectivity index is 1.75. The maximum absolute atomic E-state index is 11.4. The Kier molecular flexibility index (Phi) is 10.9. The summed E-state index contributed by atoms with van der Waals surface area (Å²) in [6.45, 7) is 4.51. The van der Waals surface area contributed by atoms with Crippen molar-refractivity contribution in [1.29, 1.82) is 0 Å². The molecule has 0 bridgehead atoms. The normalized spacial score (nSPS) is 12.5. The van der Waals surface area contributed by atoms with Crippen LogP contribution in [0, 0.1) is 5.92 Å². The molecule has 1 atom stereocenters. The third kappa shape index (κ3) is 8.64. The highest BCUT2D eigenvalue weighted by Gasteiger charge is 2.13. The topological polar surface area (TPSA) is 50.4 Å². The Morgan fingerprint density at radius 1 is 0.828 bits per heavy atom. The Morgan fingerprint density at radius 3 is 2.14 bits per heavy atom. The fourth-order valence-corrected chi connectivity index (χ4v) is 4.30. The van der Waals surface area contributed by atoms with E-state index in [9.17, 15) is 9.90 Å². The van der Waals surface area contributed by atoms with Gasteiger partial charge in [0.15, 0.2) is 0 Å². The van der Waals surface area contributed by atoms with Gasteiger partial charge in [0.2, 0.25) is 0 Å². The zero-order valence-corrected chi connectivity index (χ0v) is 18.5. The van der Waals surface area contributed by atoms with Crippen LogP contribution in [0.15, 0.2) is 33.5 Å². The summed E-state index contributed by atoms with van der Waals surface area (Å²) in [7, 11) is 0. The van der Waals surface area contributed by atoms with Crippen molar-refractivity contribution in [2.45, 2.75) is 104 Å². The average molecular weight is 401 g/mol. The summed E-state index contributed by atoms with van der Waals surface area (Å²) < 4.78 is 5.17. The van der Waals surface area contributed by atoms with Crippen molar-refractivity contribution in [2.75, 3.05) is 0 Å². The minimum atomic E-state index is -0.380. The molecular weight excluding hydrogens is 360 g/mol. The first kappa shape index (κ1) is 23.5. The molecule has 0 radical (unpaired) electrons. The molecule has 0 aliphatic rings. The van der Waals surface area contributed by atoms with E-state index in [1.165, 1.54) is 89.5 Å². The lowest BCUT2D eigenvalue weighted by atomic mass is 9.89. The zero-order chi connectivity index (χ0) is 20.9. The van der Waals surface area contributed by atoms with Crippen molar-refractivity contribution in [2.24, 2.45) is 5.92 Å². The van der Waals surface area contributed by atoms with Gasteiger partial charge in [0.25, 0.3) is 0 Å². The molecule has 0 spiro atoms. The molecule has 29 heavy (non-hydrogen) atoms. The van der Waals surface area contributed by atoms with Gasteiger partial charge in [-0.25, -0.2) is 4.79 Å². The predicted molar refractivity (Wildman–Crippen MR) is 123 cm³/mol. The fraction of sp³-hybridized carbons (Fsp3) is 0.654. The van der Waals surface area contributed by atoms with E-state index >= 15 is 0 Å². The molecule has 1 aromatic heterocycles. The van der Waals surface area contributed by atoms with Gasteiger partial charge in [0.05, 0.1) is 0 Å². The summed E-state index contributed by atoms with van der Waals surface area (Å²) in [6, 6.07) is 6.79. The lowest BCUT2D eigenvalue weighted by molar-refractivity contribution is 0.404. The van der Waals surface area contributed by atoms with Gasteiger partial charge in [0.1, 0.15) is 11.3 Å². The number of benzene rings is 1. The first-order valence-corrected chi connectivity index (χ1v) is 11.9. The van der Waals surface area contributed by atoms with Gasteiger partial charge in [-0.2, -0.15) is 0 Å². The second-order valence-corrected chi connectivity index (χ2v) is 8.60. The second-order valence-electron chi connectivity index (χ2n) is 8.60. The fourth-order valence-electron chi connectivity index (χ4n) is 4.30. The lowest BCUT2D eigenvalue weighted by Gasteiger charge is -2.17. The molecule has 0 saturated carbocycles. The quantitative estimate of drug-likeness (QED) is 0.245. The average Bonchev–Trinajstić information content (AvgIpc) is 2.70. The summed E-state index contributed by atoms with van der Waals surface area (Å²) in [6.07, 6.45) is 18.1. The van der Waals surface area contributed by atoms with Crippen molar-refractivity contribution in [3.05, 3.63) is 40.2 Å². The summed E-state index contributed by atoms with van der Waals surface area (Å²) in [5.41, 5.74) is 1.05. The van der Waals surface area contributed by atoms with Crippen LogP contribution in [0.1, 0.15) is 103 Å². The van der Waals surface area contributed by atoms with E-state index in [2.05, 4.69) is 13.8 Å². The minimum absolute atomic E-state index is 0.246. The standard InChI is InChI=1S/C26H40O3/c1-3-5-6-7-8-9-10-11-12-13-15-21(14-4-2)18-23-19-22-16-17-26(28)29-25(22)20-24(23)27/h16-17,19-21,27H,3-15,18H2,1-2H3. The molecule has 3 heteroatoms. The van der Waals surface area contributed by atoms with E-state index in [-0.39, 0.29) is 11.4 Å². The van der Waals surface area contributed by atoms with Crippen molar-refractivity contribution in [3.8, 4) is 5.75 Å². The van der Waals surface area contributed by atoms with Gasteiger partial charge in [-0.15, -0.1) is 0 Å². The largest absolute Gasteiger partial charge is 0.508 e. The van der Waals surface area contributed by atoms with Gasteiger partial charge in [-0.1, -0.05) is 97.3 Å². The SMILES string of the molecule is CCCCCCCCCCCCC(CCC)Cc1cc2ccc(=O)oc2cc1O. The third-order valence-electron chi connectivity index (χ3n) is 5.99. The van der Waals surface area contributed by atoms with Crippen LogP contribution in [0.4, 0.5) is 0 Å². The van der Waals surface area contributed by atoms with Crippen LogP contribution < -0.4 is 5.63 Å². The van der Waals surface area contributed by atoms with E-state index < -0.39 is 0 Å². The van der Waals surface area contributed by atoms with Gasteiger partial charge in [-0.3, -0.25) is 0 Å². The van der Waals surface area contributed by atoms with Crippen LogP contribution in [-0.2, 0) is 6.42 Å². The van der Waals surface area contributed by atoms with E-state index in [1.54, 1.807) is 12.1 Å². The summed E-state index contributed by atoms with van der Waals surface area (Å²) in [5, 5.41) is 11.3. The number of unbranched alkanes of at least 4 members (excludes halogenated alkanes) is 9. The number of hydrogen-bond donors (Lipinski definition) is 1. The Morgan fingerprint density at radius 2 is 1.48 bits per heavy atom. The molecule has 1 unspecified atom stereocenters. The lowest BCUT2D eigenvalue weighted by Crippen LogP contribution is -2.05. The van der Waals surface area contributed by atoms with Crippen LogP contribution in [0.3, 0.4) is 0 Å². The first-order valence-electron chi connectivity index (χ1n) is 11.9. The molecule has 0 amide bonds. The molecule has 1 heterocycles. The number of phenolic OH excluding ortho intramolecular Hbond substituents is 1. The minimum Gasteiger partial charge on any atom is -0.508 e. The zero-order valence-electron chi connectivity index (χ0n) is 18.5. The number of phenols is 1. The number of hydrogen-bond acceptors (Lipinski definition) is 3. The highest BCUT2D eigenvalue weighted by molar-refractivity contribution is 5.79. The molecule has 2 rings (SSSR count). The smallest absolute Gasteiger partial charge is 0.336 e. The monoisotopic (exact) mass is 400 g/mol. The Hall–Kier alpha value is -1.77. The molecule has 0 aliphatic heterocycles. The van der Waals surface area contributed by atoms with Crippen LogP contribution in [0.5, 0.6) is 5.75 Å². The molecule has 2 aromatic rings. The maximum atomic E-state index is 11.4. The second kappa shape index (κ2) is 13.5. The van der Waals surface area contributed by atoms with Gasteiger partial charge < -0.3 is 9.52 Å². The number of fused-ring (bicyclic) bond motifs is 1. The molecular formula is C26H40O3. The molecule has 162 valence electrons. The predicted octanol–water partition coefficient (Wildman–Crippen LogP) is 7.77. The summed E-state index contributed by atoms with van der Waals surface area (Å²) >= 11 is 0. The van der Waals surface area contributed by atoms with Crippen LogP contribution >= 0.6 is 0 Å². The van der Waals surface area contributed by atoms with Gasteiger partial charge in [0, 0.05) is 17.5 Å². The van der Waals surface area contributed by atoms with E-state index in [0.717, 1.165) is 17.4 Å². The Bertz CT molecular complexity index is 762. The van der Waals surface area contributed by atoms with Gasteiger partial charge in [-0.05, 0) is 30.0 Å². The van der Waals surface area contributed by atoms with Crippen molar-refractivity contribution >= 4 is 11.0 Å².